The van der Waals surface area contributed by atoms with Crippen LogP contribution in [0.4, 0.5) is 11.4 Å². The molecule has 0 bridgehead atoms. The Morgan fingerprint density at radius 2 is 1.35 bits per heavy atom. The number of rotatable bonds is 8. The Morgan fingerprint density at radius 3 is 2.08 bits per heavy atom. The molecule has 7 rings (SSSR count). The minimum Gasteiger partial charge on any atom is -0.248 e. The molecule has 1 aliphatic rings. The second kappa shape index (κ2) is 13.9. The van der Waals surface area contributed by atoms with Crippen molar-refractivity contribution in [2.45, 2.75) is 33.1 Å². The molecule has 0 heterocycles. The van der Waals surface area contributed by atoms with Crippen molar-refractivity contribution in [2.24, 2.45) is 4.99 Å². The van der Waals surface area contributed by atoms with Crippen LogP contribution in [0.1, 0.15) is 61.1 Å². The molecule has 0 amide bonds. The molecule has 246 valence electrons. The summed E-state index contributed by atoms with van der Waals surface area (Å²) in [5.74, 6) is 0. The summed E-state index contributed by atoms with van der Waals surface area (Å²) in [6.45, 7) is 20.6. The van der Waals surface area contributed by atoms with Gasteiger partial charge in [0.05, 0.1) is 18.0 Å². The molecular formula is C49H40N2. The van der Waals surface area contributed by atoms with Gasteiger partial charge >= 0.3 is 0 Å². The molecular weight excluding hydrogens is 617 g/mol. The normalized spacial score (nSPS) is 14.0. The van der Waals surface area contributed by atoms with Crippen LogP contribution in [-0.4, -0.2) is 5.71 Å². The van der Waals surface area contributed by atoms with Crippen molar-refractivity contribution in [3.63, 3.8) is 0 Å². The number of benzene rings is 6. The first-order chi connectivity index (χ1) is 24.7. The van der Waals surface area contributed by atoms with E-state index >= 15 is 0 Å². The first-order valence-electron chi connectivity index (χ1n) is 17.4. The van der Waals surface area contributed by atoms with Gasteiger partial charge in [0.25, 0.3) is 0 Å². The third-order valence-corrected chi connectivity index (χ3v) is 9.99. The molecule has 51 heavy (non-hydrogen) atoms. The summed E-state index contributed by atoms with van der Waals surface area (Å²) < 4.78 is 0. The van der Waals surface area contributed by atoms with Gasteiger partial charge in [0.2, 0.25) is 0 Å². The molecule has 0 fully saturated rings. The van der Waals surface area contributed by atoms with E-state index in [1.807, 2.05) is 12.1 Å². The van der Waals surface area contributed by atoms with E-state index in [4.69, 9.17) is 11.6 Å². The van der Waals surface area contributed by atoms with E-state index in [0.29, 0.717) is 5.69 Å². The van der Waals surface area contributed by atoms with Gasteiger partial charge in [-0.2, -0.15) is 0 Å². The Bertz CT molecular complexity index is 2460. The third kappa shape index (κ3) is 6.67. The molecule has 6 aromatic rings. The molecule has 0 aliphatic heterocycles. The van der Waals surface area contributed by atoms with E-state index < -0.39 is 0 Å². The van der Waals surface area contributed by atoms with E-state index in [1.54, 1.807) is 0 Å². The predicted octanol–water partition coefficient (Wildman–Crippen LogP) is 13.5. The lowest BCUT2D eigenvalue weighted by molar-refractivity contribution is 0.660. The average Bonchev–Trinajstić information content (AvgIpc) is 3.40. The Hall–Kier alpha value is -6.30. The fourth-order valence-electron chi connectivity index (χ4n) is 6.98. The van der Waals surface area contributed by atoms with Gasteiger partial charge in [-0.15, -0.1) is 0 Å². The zero-order chi connectivity index (χ0) is 35.5. The van der Waals surface area contributed by atoms with Crippen LogP contribution >= 0.6 is 0 Å². The van der Waals surface area contributed by atoms with Crippen LogP contribution in [0.25, 0.3) is 38.4 Å². The van der Waals surface area contributed by atoms with Crippen molar-refractivity contribution in [1.29, 1.82) is 0 Å². The van der Waals surface area contributed by atoms with Crippen LogP contribution in [0.3, 0.4) is 0 Å². The topological polar surface area (TPSA) is 16.7 Å². The maximum atomic E-state index is 7.49. The number of nitrogens with zero attached hydrogens (tertiary/aromatic N) is 2. The van der Waals surface area contributed by atoms with Crippen molar-refractivity contribution in [2.75, 3.05) is 0 Å². The number of fused-ring (bicyclic) bond motifs is 4. The van der Waals surface area contributed by atoms with E-state index in [1.165, 1.54) is 38.6 Å². The number of aliphatic imine (C=N–C) groups is 1. The lowest BCUT2D eigenvalue weighted by Crippen LogP contribution is -2.15. The van der Waals surface area contributed by atoms with Gasteiger partial charge in [-0.25, -0.2) is 9.84 Å². The summed E-state index contributed by atoms with van der Waals surface area (Å²) in [6.07, 6.45) is 8.59. The number of allylic oxidation sites excluding steroid dienone is 6. The Balaban J connectivity index is 1.10. The van der Waals surface area contributed by atoms with Gasteiger partial charge in [0.15, 0.2) is 5.69 Å². The molecule has 2 nitrogen and oxygen atoms in total. The van der Waals surface area contributed by atoms with Crippen LogP contribution in [0.2, 0.25) is 0 Å². The summed E-state index contributed by atoms with van der Waals surface area (Å²) >= 11 is 0. The van der Waals surface area contributed by atoms with Gasteiger partial charge in [-0.1, -0.05) is 160 Å². The standard InChI is InChI=1S/C49H40N2/c1-7-36(41-24-27-44-45-28-26-42(50-6)32-47(45)49(4,5)46(44)31-41)29-34(3)33(2)17-18-35-19-21-39(22-20-35)48(38-14-9-8-10-15-38)51-43-25-23-37-13-11-12-16-40(37)30-43/h7-32H,2H2,1,3-5H3/b18-17-,34-29+,36-7+,51-48?. The average molecular weight is 657 g/mol. The molecule has 0 atom stereocenters. The van der Waals surface area contributed by atoms with Crippen LogP contribution < -0.4 is 0 Å². The number of hydrogen-bond donors (Lipinski definition) is 0. The van der Waals surface area contributed by atoms with Crippen LogP contribution in [0.15, 0.2) is 174 Å². The van der Waals surface area contributed by atoms with Gasteiger partial charge in [0.1, 0.15) is 0 Å². The van der Waals surface area contributed by atoms with E-state index in [-0.39, 0.29) is 5.41 Å². The molecule has 0 saturated carbocycles. The molecule has 6 aromatic carbocycles. The molecule has 0 radical (unpaired) electrons. The fourth-order valence-corrected chi connectivity index (χ4v) is 6.98. The third-order valence-electron chi connectivity index (χ3n) is 9.99. The van der Waals surface area contributed by atoms with E-state index in [9.17, 15) is 0 Å². The van der Waals surface area contributed by atoms with Crippen molar-refractivity contribution >= 4 is 39.5 Å². The lowest BCUT2D eigenvalue weighted by Gasteiger charge is -2.22. The first kappa shape index (κ1) is 33.2. The predicted molar refractivity (Wildman–Crippen MR) is 218 cm³/mol. The smallest absolute Gasteiger partial charge is 0.187 e. The zero-order valence-electron chi connectivity index (χ0n) is 29.6. The quantitative estimate of drug-likeness (QED) is 0.0881. The fraction of sp³-hybridized carbons (Fsp3) is 0.102. The molecule has 0 saturated heterocycles. The van der Waals surface area contributed by atoms with Gasteiger partial charge in [-0.05, 0) is 92.9 Å². The highest BCUT2D eigenvalue weighted by Gasteiger charge is 2.35. The molecule has 0 spiro atoms. The van der Waals surface area contributed by atoms with Crippen LogP contribution in [0, 0.1) is 6.57 Å². The highest BCUT2D eigenvalue weighted by atomic mass is 14.7. The number of hydrogen-bond acceptors (Lipinski definition) is 1. The van der Waals surface area contributed by atoms with E-state index in [0.717, 1.165) is 44.8 Å². The van der Waals surface area contributed by atoms with Gasteiger partial charge in [-0.3, -0.25) is 0 Å². The summed E-state index contributed by atoms with van der Waals surface area (Å²) in [6, 6.07) is 46.5. The van der Waals surface area contributed by atoms with Crippen molar-refractivity contribution in [3.8, 4) is 11.1 Å². The Morgan fingerprint density at radius 1 is 0.706 bits per heavy atom. The zero-order valence-corrected chi connectivity index (χ0v) is 29.6. The maximum Gasteiger partial charge on any atom is 0.187 e. The highest BCUT2D eigenvalue weighted by Crippen LogP contribution is 2.50. The van der Waals surface area contributed by atoms with Crippen LogP contribution in [0.5, 0.6) is 0 Å². The maximum absolute atomic E-state index is 7.49. The molecule has 2 heteroatoms. The minimum absolute atomic E-state index is 0.176. The summed E-state index contributed by atoms with van der Waals surface area (Å²) in [7, 11) is 0. The monoisotopic (exact) mass is 656 g/mol. The molecule has 1 aliphatic carbocycles. The van der Waals surface area contributed by atoms with Crippen LogP contribution in [-0.2, 0) is 5.41 Å². The van der Waals surface area contributed by atoms with Gasteiger partial charge < -0.3 is 0 Å². The van der Waals surface area contributed by atoms with Crippen molar-refractivity contribution in [1.82, 2.24) is 0 Å². The van der Waals surface area contributed by atoms with Crippen molar-refractivity contribution < 1.29 is 0 Å². The Kier molecular flexibility index (Phi) is 9.05. The minimum atomic E-state index is -0.176. The molecule has 0 N–H and O–H groups in total. The van der Waals surface area contributed by atoms with Gasteiger partial charge in [0, 0.05) is 16.5 Å². The second-order valence-electron chi connectivity index (χ2n) is 13.6. The lowest BCUT2D eigenvalue weighted by atomic mass is 9.81. The van der Waals surface area contributed by atoms with E-state index in [2.05, 4.69) is 185 Å². The first-order valence-corrected chi connectivity index (χ1v) is 17.4. The second-order valence-corrected chi connectivity index (χ2v) is 13.6. The SMILES string of the molecule is [C-]#[N+]c1ccc2c(c1)C(C)(C)c1cc(C(/C=C(\C)C(=C)/C=C\c3ccc(C(=Nc4ccc5ccccc5c4)c4ccccc4)cc3)=C/C)ccc1-2. The summed E-state index contributed by atoms with van der Waals surface area (Å²) in [5, 5.41) is 2.38. The Labute approximate surface area is 302 Å². The summed E-state index contributed by atoms with van der Waals surface area (Å²) in [5.41, 5.74) is 15.0. The largest absolute Gasteiger partial charge is 0.248 e. The molecule has 0 unspecified atom stereocenters. The molecule has 0 aromatic heterocycles. The highest BCUT2D eigenvalue weighted by molar-refractivity contribution is 6.14. The van der Waals surface area contributed by atoms with Crippen molar-refractivity contribution in [3.05, 3.63) is 214 Å². The summed E-state index contributed by atoms with van der Waals surface area (Å²) in [4.78, 5) is 8.82.